The number of aromatic nitrogens is 3. The molecule has 5 nitrogen and oxygen atoms in total. The highest BCUT2D eigenvalue weighted by Crippen LogP contribution is 2.43. The van der Waals surface area contributed by atoms with Gasteiger partial charge < -0.3 is 5.32 Å². The summed E-state index contributed by atoms with van der Waals surface area (Å²) in [6, 6.07) is 6.34. The fraction of sp³-hybridized carbons (Fsp3) is 0.188. The molecule has 0 saturated carbocycles. The number of aromatic amines is 1. The summed E-state index contributed by atoms with van der Waals surface area (Å²) in [4.78, 5) is 12.0. The molecule has 1 amide bonds. The van der Waals surface area contributed by atoms with Crippen molar-refractivity contribution in [2.24, 2.45) is 0 Å². The molecule has 1 atom stereocenters. The number of hydrogen-bond acceptors (Lipinski definition) is 4. The lowest BCUT2D eigenvalue weighted by atomic mass is 9.85. The van der Waals surface area contributed by atoms with Crippen molar-refractivity contribution in [3.8, 4) is 11.3 Å². The normalized spacial score (nSPS) is 17.0. The Labute approximate surface area is 135 Å². The summed E-state index contributed by atoms with van der Waals surface area (Å²) in [5.74, 6) is -0.481. The largest absolute Gasteiger partial charge is 0.316 e. The van der Waals surface area contributed by atoms with Crippen molar-refractivity contribution in [3.05, 3.63) is 53.1 Å². The number of rotatable bonds is 2. The number of benzene rings is 1. The van der Waals surface area contributed by atoms with Crippen LogP contribution in [0.2, 0.25) is 0 Å². The maximum Gasteiger partial charge on any atom is 0.225 e. The van der Waals surface area contributed by atoms with E-state index in [-0.39, 0.29) is 17.6 Å². The lowest BCUT2D eigenvalue weighted by molar-refractivity contribution is -0.116. The van der Waals surface area contributed by atoms with Crippen LogP contribution < -0.4 is 5.32 Å². The molecule has 7 heteroatoms. The van der Waals surface area contributed by atoms with Gasteiger partial charge >= 0.3 is 0 Å². The van der Waals surface area contributed by atoms with E-state index in [0.717, 1.165) is 27.5 Å². The molecule has 23 heavy (non-hydrogen) atoms. The highest BCUT2D eigenvalue weighted by molar-refractivity contribution is 7.10. The van der Waals surface area contributed by atoms with E-state index in [1.54, 1.807) is 12.3 Å². The van der Waals surface area contributed by atoms with Crippen molar-refractivity contribution < 1.29 is 9.18 Å². The minimum Gasteiger partial charge on any atom is -0.316 e. The van der Waals surface area contributed by atoms with E-state index < -0.39 is 0 Å². The summed E-state index contributed by atoms with van der Waals surface area (Å²) in [5.41, 5.74) is 4.26. The quantitative estimate of drug-likeness (QED) is 0.757. The monoisotopic (exact) mass is 328 g/mol. The first-order chi connectivity index (χ1) is 11.1. The van der Waals surface area contributed by atoms with Crippen LogP contribution in [0.15, 0.2) is 30.5 Å². The van der Waals surface area contributed by atoms with Gasteiger partial charge in [0.15, 0.2) is 0 Å². The van der Waals surface area contributed by atoms with Crippen LogP contribution in [0.5, 0.6) is 0 Å². The summed E-state index contributed by atoms with van der Waals surface area (Å²) >= 11 is 1.29. The molecule has 3 aromatic rings. The zero-order valence-electron chi connectivity index (χ0n) is 12.3. The fourth-order valence-corrected chi connectivity index (χ4v) is 3.92. The molecule has 1 aromatic carbocycles. The lowest BCUT2D eigenvalue weighted by Crippen LogP contribution is -2.22. The Kier molecular flexibility index (Phi) is 3.23. The van der Waals surface area contributed by atoms with Gasteiger partial charge in [-0.3, -0.25) is 9.89 Å². The molecular weight excluding hydrogens is 315 g/mol. The maximum atomic E-state index is 13.5. The van der Waals surface area contributed by atoms with Crippen LogP contribution in [0, 0.1) is 12.7 Å². The Morgan fingerprint density at radius 2 is 2.26 bits per heavy atom. The lowest BCUT2D eigenvalue weighted by Gasteiger charge is -2.23. The molecule has 116 valence electrons. The molecule has 1 aliphatic rings. The Bertz CT molecular complexity index is 901. The SMILES string of the molecule is Cc1nsc2c1[C@H](c1cn[nH]c1-c1cccc(F)c1)CC(=O)N2. The zero-order valence-corrected chi connectivity index (χ0v) is 13.1. The van der Waals surface area contributed by atoms with Crippen LogP contribution >= 0.6 is 11.5 Å². The molecule has 0 fully saturated rings. The van der Waals surface area contributed by atoms with E-state index in [4.69, 9.17) is 0 Å². The van der Waals surface area contributed by atoms with Gasteiger partial charge in [-0.2, -0.15) is 9.47 Å². The number of halogens is 1. The molecule has 0 aliphatic carbocycles. The molecule has 0 spiro atoms. The van der Waals surface area contributed by atoms with Gasteiger partial charge in [0.25, 0.3) is 0 Å². The van der Waals surface area contributed by atoms with Gasteiger partial charge in [-0.05, 0) is 30.6 Å². The van der Waals surface area contributed by atoms with Gasteiger partial charge in [0.2, 0.25) is 5.91 Å². The van der Waals surface area contributed by atoms with Crippen molar-refractivity contribution in [1.82, 2.24) is 14.6 Å². The standard InChI is InChI=1S/C16H13FN4OS/c1-8-14-11(6-13(22)19-16(14)23-21-8)12-7-18-20-15(12)9-3-2-4-10(17)5-9/h2-5,7,11H,6H2,1H3,(H,18,20)(H,19,22)/t11-/m0/s1. The van der Waals surface area contributed by atoms with Gasteiger partial charge in [-0.15, -0.1) is 0 Å². The van der Waals surface area contributed by atoms with Crippen molar-refractivity contribution in [1.29, 1.82) is 0 Å². The van der Waals surface area contributed by atoms with E-state index in [2.05, 4.69) is 19.9 Å². The maximum absolute atomic E-state index is 13.5. The van der Waals surface area contributed by atoms with Crippen LogP contribution in [0.1, 0.15) is 29.2 Å². The van der Waals surface area contributed by atoms with E-state index in [9.17, 15) is 9.18 Å². The molecule has 1 aliphatic heterocycles. The number of carbonyl (C=O) groups is 1. The summed E-state index contributed by atoms with van der Waals surface area (Å²) in [7, 11) is 0. The molecule has 3 heterocycles. The van der Waals surface area contributed by atoms with Gasteiger partial charge in [0, 0.05) is 29.0 Å². The van der Waals surface area contributed by atoms with Crippen molar-refractivity contribution in [3.63, 3.8) is 0 Å². The Hall–Kier alpha value is -2.54. The van der Waals surface area contributed by atoms with Crippen LogP contribution in [0.3, 0.4) is 0 Å². The average Bonchev–Trinajstić information content (AvgIpc) is 3.14. The molecule has 0 bridgehead atoms. The number of amides is 1. The Morgan fingerprint density at radius 3 is 3.09 bits per heavy atom. The van der Waals surface area contributed by atoms with Crippen molar-refractivity contribution in [2.45, 2.75) is 19.3 Å². The molecule has 4 rings (SSSR count). The Balaban J connectivity index is 1.85. The molecule has 0 radical (unpaired) electrons. The van der Waals surface area contributed by atoms with Gasteiger partial charge in [0.05, 0.1) is 17.6 Å². The minimum atomic E-state index is -0.307. The predicted octanol–water partition coefficient (Wildman–Crippen LogP) is 3.45. The number of carbonyl (C=O) groups excluding carboxylic acids is 1. The number of fused-ring (bicyclic) bond motifs is 1. The third-order valence-electron chi connectivity index (χ3n) is 4.06. The highest BCUT2D eigenvalue weighted by atomic mass is 32.1. The topological polar surface area (TPSA) is 70.7 Å². The second-order valence-electron chi connectivity index (χ2n) is 5.53. The molecule has 2 aromatic heterocycles. The summed E-state index contributed by atoms with van der Waals surface area (Å²) in [6.07, 6.45) is 2.04. The predicted molar refractivity (Wildman–Crippen MR) is 85.9 cm³/mol. The summed E-state index contributed by atoms with van der Waals surface area (Å²) < 4.78 is 17.9. The first kappa shape index (κ1) is 14.1. The van der Waals surface area contributed by atoms with Crippen LogP contribution in [-0.4, -0.2) is 20.5 Å². The van der Waals surface area contributed by atoms with Crippen LogP contribution in [-0.2, 0) is 4.79 Å². The molecule has 0 saturated heterocycles. The molecular formula is C16H13FN4OS. The number of nitrogens with zero attached hydrogens (tertiary/aromatic N) is 2. The molecule has 0 unspecified atom stereocenters. The van der Waals surface area contributed by atoms with Gasteiger partial charge in [0.1, 0.15) is 10.8 Å². The third-order valence-corrected chi connectivity index (χ3v) is 4.93. The first-order valence-electron chi connectivity index (χ1n) is 7.18. The second-order valence-corrected chi connectivity index (χ2v) is 6.30. The fourth-order valence-electron chi connectivity index (χ4n) is 3.04. The minimum absolute atomic E-state index is 0.0439. The smallest absolute Gasteiger partial charge is 0.225 e. The molecule has 2 N–H and O–H groups in total. The van der Waals surface area contributed by atoms with Crippen LogP contribution in [0.25, 0.3) is 11.3 Å². The third kappa shape index (κ3) is 2.33. The van der Waals surface area contributed by atoms with E-state index in [0.29, 0.717) is 12.0 Å². The second kappa shape index (κ2) is 5.27. The summed E-state index contributed by atoms with van der Waals surface area (Å²) in [6.45, 7) is 1.93. The van der Waals surface area contributed by atoms with Gasteiger partial charge in [-0.1, -0.05) is 12.1 Å². The number of nitrogens with one attached hydrogen (secondary N) is 2. The number of anilines is 1. The number of aryl methyl sites for hydroxylation is 1. The number of hydrogen-bond donors (Lipinski definition) is 2. The Morgan fingerprint density at radius 1 is 1.39 bits per heavy atom. The van der Waals surface area contributed by atoms with Crippen molar-refractivity contribution in [2.75, 3.05) is 5.32 Å². The first-order valence-corrected chi connectivity index (χ1v) is 7.96. The van der Waals surface area contributed by atoms with E-state index in [1.165, 1.54) is 23.7 Å². The zero-order chi connectivity index (χ0) is 16.0. The van der Waals surface area contributed by atoms with E-state index >= 15 is 0 Å². The highest BCUT2D eigenvalue weighted by Gasteiger charge is 2.32. The van der Waals surface area contributed by atoms with Crippen molar-refractivity contribution >= 4 is 22.4 Å². The average molecular weight is 328 g/mol. The summed E-state index contributed by atoms with van der Waals surface area (Å²) in [5, 5.41) is 10.7. The van der Waals surface area contributed by atoms with Gasteiger partial charge in [-0.25, -0.2) is 4.39 Å². The van der Waals surface area contributed by atoms with Crippen LogP contribution in [0.4, 0.5) is 9.39 Å². The van der Waals surface area contributed by atoms with E-state index in [1.807, 2.05) is 13.0 Å². The number of H-pyrrole nitrogens is 1.